The molecule has 0 aliphatic heterocycles. The van der Waals surface area contributed by atoms with Crippen molar-refractivity contribution in [2.45, 2.75) is 75.2 Å². The van der Waals surface area contributed by atoms with Crippen LogP contribution >= 0.6 is 31.9 Å². The molecule has 0 bridgehead atoms. The van der Waals surface area contributed by atoms with Crippen LogP contribution in [0.5, 0.6) is 11.5 Å². The molecule has 1 aromatic carbocycles. The molecular formula is C16H24Br2O4. The Bertz CT molecular complexity index is 568. The average molecular weight is 440 g/mol. The third-order valence-corrected chi connectivity index (χ3v) is 6.31. The highest BCUT2D eigenvalue weighted by molar-refractivity contribution is 9.10. The SMILES string of the molecule is CC(C)(Br)C(C)(C)Oc1c(OC(C)(C)C(C)(C)Br)c(=O)c1=O. The van der Waals surface area contributed by atoms with E-state index in [-0.39, 0.29) is 20.1 Å². The lowest BCUT2D eigenvalue weighted by Crippen LogP contribution is -2.51. The van der Waals surface area contributed by atoms with E-state index in [1.807, 2.05) is 55.4 Å². The van der Waals surface area contributed by atoms with Gasteiger partial charge in [0, 0.05) is 0 Å². The fraction of sp³-hybridized carbons (Fsp3) is 0.750. The number of rotatable bonds is 6. The van der Waals surface area contributed by atoms with Crippen molar-refractivity contribution >= 4 is 31.9 Å². The molecule has 0 aliphatic rings. The average Bonchev–Trinajstić information content (AvgIpc) is 2.30. The molecule has 0 unspecified atom stereocenters. The summed E-state index contributed by atoms with van der Waals surface area (Å²) in [6.45, 7) is 15.1. The second kappa shape index (κ2) is 5.62. The fourth-order valence-corrected chi connectivity index (χ4v) is 1.45. The summed E-state index contributed by atoms with van der Waals surface area (Å²) in [6, 6.07) is 0. The van der Waals surface area contributed by atoms with E-state index in [1.165, 1.54) is 0 Å². The quantitative estimate of drug-likeness (QED) is 0.497. The van der Waals surface area contributed by atoms with Gasteiger partial charge in [0.1, 0.15) is 11.2 Å². The molecule has 0 radical (unpaired) electrons. The molecule has 6 heteroatoms. The van der Waals surface area contributed by atoms with Crippen LogP contribution in [0.1, 0.15) is 55.4 Å². The molecule has 0 saturated carbocycles. The summed E-state index contributed by atoms with van der Waals surface area (Å²) in [5.41, 5.74) is -2.66. The van der Waals surface area contributed by atoms with E-state index >= 15 is 0 Å². The van der Waals surface area contributed by atoms with Crippen LogP contribution in [0.25, 0.3) is 0 Å². The second-order valence-corrected chi connectivity index (χ2v) is 11.5. The highest BCUT2D eigenvalue weighted by Crippen LogP contribution is 2.39. The van der Waals surface area contributed by atoms with Crippen molar-refractivity contribution in [1.82, 2.24) is 0 Å². The summed E-state index contributed by atoms with van der Waals surface area (Å²) in [4.78, 5) is 23.7. The zero-order valence-electron chi connectivity index (χ0n) is 14.4. The zero-order chi connectivity index (χ0) is 17.7. The van der Waals surface area contributed by atoms with Crippen LogP contribution in [0, 0.1) is 0 Å². The van der Waals surface area contributed by atoms with Gasteiger partial charge < -0.3 is 9.47 Å². The van der Waals surface area contributed by atoms with Crippen LogP contribution < -0.4 is 20.3 Å². The lowest BCUT2D eigenvalue weighted by Gasteiger charge is -2.40. The Hall–Kier alpha value is -0.360. The Balaban J connectivity index is 3.16. The van der Waals surface area contributed by atoms with E-state index in [4.69, 9.17) is 9.47 Å². The van der Waals surface area contributed by atoms with E-state index in [2.05, 4.69) is 31.9 Å². The van der Waals surface area contributed by atoms with Gasteiger partial charge >= 0.3 is 0 Å². The van der Waals surface area contributed by atoms with E-state index in [1.54, 1.807) is 0 Å². The summed E-state index contributed by atoms with van der Waals surface area (Å²) >= 11 is 7.08. The fourth-order valence-electron chi connectivity index (χ4n) is 1.29. The molecule has 0 fully saturated rings. The van der Waals surface area contributed by atoms with Gasteiger partial charge in [-0.05, 0) is 55.4 Å². The normalized spacial score (nSPS) is 14.3. The van der Waals surface area contributed by atoms with Gasteiger partial charge in [-0.3, -0.25) is 9.59 Å². The van der Waals surface area contributed by atoms with Crippen LogP contribution in [-0.4, -0.2) is 19.9 Å². The van der Waals surface area contributed by atoms with Crippen LogP contribution in [0.2, 0.25) is 0 Å². The molecule has 0 spiro atoms. The Morgan fingerprint density at radius 1 is 0.636 bits per heavy atom. The summed E-state index contributed by atoms with van der Waals surface area (Å²) in [5, 5.41) is 0. The molecule has 0 aromatic heterocycles. The Kier molecular flexibility index (Phi) is 5.03. The molecule has 0 N–H and O–H groups in total. The molecule has 1 aromatic rings. The maximum atomic E-state index is 11.9. The second-order valence-electron chi connectivity index (χ2n) is 7.49. The lowest BCUT2D eigenvalue weighted by molar-refractivity contribution is 0.0444. The molecule has 0 heterocycles. The van der Waals surface area contributed by atoms with Crippen molar-refractivity contribution in [2.75, 3.05) is 0 Å². The summed E-state index contributed by atoms with van der Waals surface area (Å²) in [5.74, 6) is 0.0136. The minimum Gasteiger partial charge on any atom is -0.479 e. The van der Waals surface area contributed by atoms with Crippen LogP contribution in [-0.2, 0) is 0 Å². The van der Waals surface area contributed by atoms with Crippen molar-refractivity contribution in [3.8, 4) is 11.5 Å². The van der Waals surface area contributed by atoms with Crippen LogP contribution in [0.15, 0.2) is 9.59 Å². The van der Waals surface area contributed by atoms with Gasteiger partial charge in [0.25, 0.3) is 10.9 Å². The van der Waals surface area contributed by atoms with Crippen molar-refractivity contribution in [1.29, 1.82) is 0 Å². The third-order valence-electron chi connectivity index (χ3n) is 4.40. The number of hydrogen-bond donors (Lipinski definition) is 0. The minimum absolute atomic E-state index is 0.00681. The highest BCUT2D eigenvalue weighted by Gasteiger charge is 2.43. The molecule has 0 atom stereocenters. The first kappa shape index (κ1) is 19.7. The molecular weight excluding hydrogens is 416 g/mol. The smallest absolute Gasteiger partial charge is 0.275 e. The summed E-state index contributed by atoms with van der Waals surface area (Å²) < 4.78 is 10.9. The first-order chi connectivity index (χ1) is 9.51. The van der Waals surface area contributed by atoms with Crippen LogP contribution in [0.3, 0.4) is 0 Å². The predicted molar refractivity (Wildman–Crippen MR) is 96.8 cm³/mol. The Morgan fingerprint density at radius 3 is 1.05 bits per heavy atom. The Labute approximate surface area is 148 Å². The van der Waals surface area contributed by atoms with E-state index in [0.717, 1.165) is 0 Å². The number of hydrogen-bond acceptors (Lipinski definition) is 4. The largest absolute Gasteiger partial charge is 0.479 e. The van der Waals surface area contributed by atoms with Gasteiger partial charge in [-0.25, -0.2) is 0 Å². The number of ether oxygens (including phenoxy) is 2. The summed E-state index contributed by atoms with van der Waals surface area (Å²) in [6.07, 6.45) is 0. The maximum absolute atomic E-state index is 11.9. The third kappa shape index (κ3) is 3.58. The molecule has 22 heavy (non-hydrogen) atoms. The van der Waals surface area contributed by atoms with Gasteiger partial charge in [-0.1, -0.05) is 31.9 Å². The molecule has 1 rings (SSSR count). The first-order valence-electron chi connectivity index (χ1n) is 7.10. The van der Waals surface area contributed by atoms with Gasteiger partial charge in [0.15, 0.2) is 0 Å². The zero-order valence-corrected chi connectivity index (χ0v) is 17.6. The molecule has 4 nitrogen and oxygen atoms in total. The van der Waals surface area contributed by atoms with Gasteiger partial charge in [0.2, 0.25) is 11.5 Å². The van der Waals surface area contributed by atoms with Gasteiger partial charge in [0.05, 0.1) is 8.65 Å². The van der Waals surface area contributed by atoms with E-state index < -0.39 is 22.1 Å². The monoisotopic (exact) mass is 438 g/mol. The summed E-state index contributed by atoms with van der Waals surface area (Å²) in [7, 11) is 0. The highest BCUT2D eigenvalue weighted by atomic mass is 79.9. The number of alkyl halides is 2. The van der Waals surface area contributed by atoms with Crippen molar-refractivity contribution in [3.05, 3.63) is 20.4 Å². The van der Waals surface area contributed by atoms with Crippen molar-refractivity contribution in [3.63, 3.8) is 0 Å². The first-order valence-corrected chi connectivity index (χ1v) is 8.69. The minimum atomic E-state index is -0.693. The molecule has 0 saturated heterocycles. The van der Waals surface area contributed by atoms with Crippen molar-refractivity contribution < 1.29 is 9.47 Å². The van der Waals surface area contributed by atoms with Gasteiger partial charge in [-0.15, -0.1) is 0 Å². The lowest BCUT2D eigenvalue weighted by atomic mass is 9.93. The van der Waals surface area contributed by atoms with E-state index in [9.17, 15) is 9.59 Å². The molecule has 0 amide bonds. The van der Waals surface area contributed by atoms with Gasteiger partial charge in [-0.2, -0.15) is 0 Å². The predicted octanol–water partition coefficient (Wildman–Crippen LogP) is 3.94. The van der Waals surface area contributed by atoms with Crippen LogP contribution in [0.4, 0.5) is 0 Å². The van der Waals surface area contributed by atoms with Crippen molar-refractivity contribution in [2.24, 2.45) is 0 Å². The molecule has 0 aliphatic carbocycles. The molecule has 126 valence electrons. The number of halogens is 2. The maximum Gasteiger partial charge on any atom is 0.275 e. The Morgan fingerprint density at radius 2 is 0.864 bits per heavy atom. The topological polar surface area (TPSA) is 52.6 Å². The van der Waals surface area contributed by atoms with E-state index in [0.29, 0.717) is 0 Å². The standard InChI is InChI=1S/C16H24Br2O4/c1-13(2,17)15(5,6)21-11-9(19)10(20)12(11)22-16(7,8)14(3,4)18/h1-8H3.